The highest BCUT2D eigenvalue weighted by Gasteiger charge is 2.31. The van der Waals surface area contributed by atoms with E-state index in [0.717, 1.165) is 32.0 Å². The van der Waals surface area contributed by atoms with Gasteiger partial charge in [-0.05, 0) is 38.5 Å². The zero-order valence-corrected chi connectivity index (χ0v) is 12.3. The monoisotopic (exact) mass is 294 g/mol. The van der Waals surface area contributed by atoms with Gasteiger partial charge in [0.15, 0.2) is 0 Å². The van der Waals surface area contributed by atoms with Crippen LogP contribution in [0.1, 0.15) is 44.9 Å². The third kappa shape index (κ3) is 4.04. The molecular formula is C13H20Cl2OS. The van der Waals surface area contributed by atoms with E-state index >= 15 is 0 Å². The smallest absolute Gasteiger partial charge is 0.124 e. The number of halogens is 2. The van der Waals surface area contributed by atoms with Crippen LogP contribution >= 0.6 is 35.0 Å². The van der Waals surface area contributed by atoms with Crippen molar-refractivity contribution in [3.8, 4) is 0 Å². The summed E-state index contributed by atoms with van der Waals surface area (Å²) in [5.74, 6) is 0.0839. The molecule has 0 aromatic carbocycles. The van der Waals surface area contributed by atoms with Crippen LogP contribution in [0, 0.1) is 5.92 Å². The summed E-state index contributed by atoms with van der Waals surface area (Å²) in [5.41, 5.74) is 0. The fourth-order valence-corrected chi connectivity index (χ4v) is 5.63. The average Bonchev–Trinajstić information content (AvgIpc) is 2.29. The summed E-state index contributed by atoms with van der Waals surface area (Å²) in [7, 11) is 0. The Bertz CT molecular complexity index is 262. The number of alkyl halides is 2. The lowest BCUT2D eigenvalue weighted by atomic mass is 9.89. The summed E-state index contributed by atoms with van der Waals surface area (Å²) >= 11 is 14.5. The fourth-order valence-electron chi connectivity index (χ4n) is 2.86. The first-order valence-electron chi connectivity index (χ1n) is 6.58. The number of thioether (sulfide) groups is 1. The Hall–Kier alpha value is 0.600. The van der Waals surface area contributed by atoms with Crippen molar-refractivity contribution in [2.45, 2.75) is 66.2 Å². The summed E-state index contributed by atoms with van der Waals surface area (Å²) in [6, 6.07) is 0. The van der Waals surface area contributed by atoms with Crippen molar-refractivity contribution in [2.24, 2.45) is 5.92 Å². The van der Waals surface area contributed by atoms with Crippen LogP contribution in [0.3, 0.4) is 0 Å². The van der Waals surface area contributed by atoms with Gasteiger partial charge >= 0.3 is 0 Å². The SMILES string of the molecule is O=CC1CCC(SC2CCCC(Cl)C2)CC1Cl. The Morgan fingerprint density at radius 3 is 2.41 bits per heavy atom. The minimum absolute atomic E-state index is 0.0501. The quantitative estimate of drug-likeness (QED) is 0.572. The Balaban J connectivity index is 1.78. The molecule has 98 valence electrons. The van der Waals surface area contributed by atoms with Crippen molar-refractivity contribution in [3.05, 3.63) is 0 Å². The lowest BCUT2D eigenvalue weighted by Gasteiger charge is -2.33. The van der Waals surface area contributed by atoms with Gasteiger partial charge in [-0.25, -0.2) is 0 Å². The molecule has 0 saturated heterocycles. The lowest BCUT2D eigenvalue weighted by Crippen LogP contribution is -2.30. The predicted molar refractivity (Wildman–Crippen MR) is 76.3 cm³/mol. The zero-order chi connectivity index (χ0) is 12.3. The Labute approximate surface area is 118 Å². The van der Waals surface area contributed by atoms with Gasteiger partial charge in [0.05, 0.1) is 0 Å². The number of hydrogen-bond donors (Lipinski definition) is 0. The number of rotatable bonds is 3. The van der Waals surface area contributed by atoms with Gasteiger partial charge in [0, 0.05) is 27.2 Å². The van der Waals surface area contributed by atoms with Crippen LogP contribution in [0.2, 0.25) is 0 Å². The third-order valence-electron chi connectivity index (χ3n) is 3.90. The molecule has 1 nitrogen and oxygen atoms in total. The molecule has 2 saturated carbocycles. The van der Waals surface area contributed by atoms with E-state index < -0.39 is 0 Å². The summed E-state index contributed by atoms with van der Waals surface area (Å²) in [4.78, 5) is 10.8. The van der Waals surface area contributed by atoms with E-state index in [1.165, 1.54) is 19.3 Å². The minimum Gasteiger partial charge on any atom is -0.303 e. The molecule has 2 rings (SSSR count). The van der Waals surface area contributed by atoms with Crippen LogP contribution in [0.4, 0.5) is 0 Å². The second-order valence-corrected chi connectivity index (χ2v) is 8.06. The van der Waals surface area contributed by atoms with Gasteiger partial charge in [-0.2, -0.15) is 11.8 Å². The van der Waals surface area contributed by atoms with E-state index in [9.17, 15) is 4.79 Å². The Morgan fingerprint density at radius 2 is 1.76 bits per heavy atom. The van der Waals surface area contributed by atoms with Crippen molar-refractivity contribution in [1.82, 2.24) is 0 Å². The molecule has 2 aliphatic rings. The van der Waals surface area contributed by atoms with E-state index in [2.05, 4.69) is 11.8 Å². The maximum absolute atomic E-state index is 10.8. The second-order valence-electron chi connectivity index (χ2n) is 5.27. The lowest BCUT2D eigenvalue weighted by molar-refractivity contribution is -0.111. The molecule has 0 aromatic heterocycles. The van der Waals surface area contributed by atoms with E-state index in [0.29, 0.717) is 15.9 Å². The molecule has 0 radical (unpaired) electrons. The number of aldehydes is 1. The highest BCUT2D eigenvalue weighted by Crippen LogP contribution is 2.40. The molecule has 0 N–H and O–H groups in total. The van der Waals surface area contributed by atoms with Gasteiger partial charge < -0.3 is 4.79 Å². The van der Waals surface area contributed by atoms with Crippen molar-refractivity contribution in [1.29, 1.82) is 0 Å². The van der Waals surface area contributed by atoms with E-state index in [-0.39, 0.29) is 11.3 Å². The molecule has 5 unspecified atom stereocenters. The van der Waals surface area contributed by atoms with Crippen molar-refractivity contribution in [2.75, 3.05) is 0 Å². The van der Waals surface area contributed by atoms with Gasteiger partial charge in [-0.1, -0.05) is 6.42 Å². The maximum Gasteiger partial charge on any atom is 0.124 e. The molecule has 0 heterocycles. The van der Waals surface area contributed by atoms with Crippen LogP contribution in [0.25, 0.3) is 0 Å². The average molecular weight is 295 g/mol. The fraction of sp³-hybridized carbons (Fsp3) is 0.923. The molecule has 17 heavy (non-hydrogen) atoms. The Morgan fingerprint density at radius 1 is 1.00 bits per heavy atom. The van der Waals surface area contributed by atoms with Crippen molar-refractivity contribution in [3.63, 3.8) is 0 Å². The molecule has 0 bridgehead atoms. The van der Waals surface area contributed by atoms with Gasteiger partial charge in [-0.3, -0.25) is 0 Å². The molecule has 0 aromatic rings. The van der Waals surface area contributed by atoms with Crippen LogP contribution < -0.4 is 0 Å². The van der Waals surface area contributed by atoms with Crippen LogP contribution in [-0.2, 0) is 4.79 Å². The molecule has 2 aliphatic carbocycles. The minimum atomic E-state index is 0.0501. The summed E-state index contributed by atoms with van der Waals surface area (Å²) in [6.07, 6.45) is 9.01. The van der Waals surface area contributed by atoms with Gasteiger partial charge in [-0.15, -0.1) is 23.2 Å². The topological polar surface area (TPSA) is 17.1 Å². The predicted octanol–water partition coefficient (Wildman–Crippen LogP) is 4.24. The van der Waals surface area contributed by atoms with Crippen LogP contribution in [-0.4, -0.2) is 27.5 Å². The van der Waals surface area contributed by atoms with Gasteiger partial charge in [0.25, 0.3) is 0 Å². The molecule has 0 aliphatic heterocycles. The van der Waals surface area contributed by atoms with Gasteiger partial charge in [0.2, 0.25) is 0 Å². The molecule has 2 fully saturated rings. The summed E-state index contributed by atoms with van der Waals surface area (Å²) in [5, 5.41) is 1.78. The third-order valence-corrected chi connectivity index (χ3v) is 6.42. The number of carbonyl (C=O) groups is 1. The molecule has 5 atom stereocenters. The maximum atomic E-state index is 10.8. The first-order chi connectivity index (χ1) is 8.19. The van der Waals surface area contributed by atoms with E-state index in [1.807, 2.05) is 0 Å². The molecule has 0 amide bonds. The molecular weight excluding hydrogens is 275 g/mol. The van der Waals surface area contributed by atoms with E-state index in [4.69, 9.17) is 23.2 Å². The highest BCUT2D eigenvalue weighted by molar-refractivity contribution is 8.00. The zero-order valence-electron chi connectivity index (χ0n) is 9.99. The standard InChI is InChI=1S/C13H20Cl2OS/c14-10-2-1-3-11(6-10)17-12-5-4-9(8-16)13(15)7-12/h8-13H,1-7H2. The molecule has 4 heteroatoms. The summed E-state index contributed by atoms with van der Waals surface area (Å²) < 4.78 is 0. The first kappa shape index (κ1) is 14.0. The summed E-state index contributed by atoms with van der Waals surface area (Å²) in [6.45, 7) is 0. The Kier molecular flexibility index (Phi) is 5.50. The normalized spacial score (nSPS) is 43.3. The van der Waals surface area contributed by atoms with Crippen LogP contribution in [0.5, 0.6) is 0 Å². The highest BCUT2D eigenvalue weighted by atomic mass is 35.5. The largest absolute Gasteiger partial charge is 0.303 e. The van der Waals surface area contributed by atoms with E-state index in [1.54, 1.807) is 0 Å². The van der Waals surface area contributed by atoms with Crippen molar-refractivity contribution < 1.29 is 4.79 Å². The van der Waals surface area contributed by atoms with Crippen LogP contribution in [0.15, 0.2) is 0 Å². The first-order valence-corrected chi connectivity index (χ1v) is 8.39. The van der Waals surface area contributed by atoms with Crippen molar-refractivity contribution >= 4 is 41.2 Å². The van der Waals surface area contributed by atoms with Gasteiger partial charge in [0.1, 0.15) is 6.29 Å². The second kappa shape index (κ2) is 6.68. The number of hydrogen-bond acceptors (Lipinski definition) is 2. The molecule has 0 spiro atoms. The number of carbonyl (C=O) groups excluding carboxylic acids is 1.